The van der Waals surface area contributed by atoms with Crippen molar-refractivity contribution in [3.63, 3.8) is 0 Å². The molecule has 1 aromatic carbocycles. The van der Waals surface area contributed by atoms with Crippen LogP contribution in [-0.4, -0.2) is 55.5 Å². The van der Waals surface area contributed by atoms with Gasteiger partial charge in [-0.1, -0.05) is 12.1 Å². The van der Waals surface area contributed by atoms with E-state index in [-0.39, 0.29) is 24.3 Å². The van der Waals surface area contributed by atoms with Gasteiger partial charge >= 0.3 is 0 Å². The van der Waals surface area contributed by atoms with Crippen LogP contribution in [0.4, 0.5) is 0 Å². The number of hydrogen-bond donors (Lipinski definition) is 2. The summed E-state index contributed by atoms with van der Waals surface area (Å²) in [6, 6.07) is 8.71. The molecule has 172 valence electrons. The summed E-state index contributed by atoms with van der Waals surface area (Å²) in [5, 5.41) is 7.55. The molecule has 1 aromatic heterocycles. The van der Waals surface area contributed by atoms with Gasteiger partial charge in [-0.2, -0.15) is 0 Å². The van der Waals surface area contributed by atoms with E-state index < -0.39 is 6.04 Å². The number of methoxy groups -OCH3 is 1. The van der Waals surface area contributed by atoms with Gasteiger partial charge in [0, 0.05) is 24.5 Å². The molecule has 8 nitrogen and oxygen atoms in total. The Morgan fingerprint density at radius 3 is 2.75 bits per heavy atom. The Bertz CT molecular complexity index is 932. The minimum absolute atomic E-state index is 0.0135. The van der Waals surface area contributed by atoms with Crippen LogP contribution in [0.2, 0.25) is 0 Å². The molecule has 32 heavy (non-hydrogen) atoms. The average molecular weight is 460 g/mol. The van der Waals surface area contributed by atoms with Crippen LogP contribution in [-0.2, 0) is 27.3 Å². The Morgan fingerprint density at radius 2 is 2.03 bits per heavy atom. The number of thiophene rings is 1. The topological polar surface area (TPSA) is 97.0 Å². The monoisotopic (exact) mass is 459 g/mol. The second kappa shape index (κ2) is 11.5. The molecule has 3 amide bonds. The lowest BCUT2D eigenvalue weighted by Crippen LogP contribution is -2.46. The summed E-state index contributed by atoms with van der Waals surface area (Å²) in [6.07, 6.45) is 1.81. The first-order valence-corrected chi connectivity index (χ1v) is 11.6. The Morgan fingerprint density at radius 1 is 1.19 bits per heavy atom. The number of nitrogens with one attached hydrogen (secondary N) is 2. The van der Waals surface area contributed by atoms with Crippen molar-refractivity contribution in [1.29, 1.82) is 0 Å². The summed E-state index contributed by atoms with van der Waals surface area (Å²) >= 11 is 1.55. The number of benzene rings is 1. The summed E-state index contributed by atoms with van der Waals surface area (Å²) in [7, 11) is 1.52. The van der Waals surface area contributed by atoms with Crippen LogP contribution in [0.5, 0.6) is 11.5 Å². The number of rotatable bonds is 10. The molecule has 1 aliphatic heterocycles. The van der Waals surface area contributed by atoms with Gasteiger partial charge in [0.15, 0.2) is 18.1 Å². The highest BCUT2D eigenvalue weighted by molar-refractivity contribution is 7.10. The Hall–Kier alpha value is -3.07. The van der Waals surface area contributed by atoms with Crippen LogP contribution in [0.25, 0.3) is 0 Å². The molecular formula is C23H29N3O5S. The van der Waals surface area contributed by atoms with E-state index in [0.29, 0.717) is 44.0 Å². The highest BCUT2D eigenvalue weighted by Crippen LogP contribution is 2.28. The molecule has 0 bridgehead atoms. The highest BCUT2D eigenvalue weighted by atomic mass is 32.1. The molecule has 3 rings (SSSR count). The van der Waals surface area contributed by atoms with Gasteiger partial charge in [-0.3, -0.25) is 14.4 Å². The standard InChI is InChI=1S/C23H29N3O5S/c1-3-24-21(27)15-31-19-9-8-16(12-20(19)30-2)14-25-23(29)18-7-4-10-26(18)22(28)13-17-6-5-11-32-17/h5-6,8-9,11-12,18H,3-4,7,10,13-15H2,1-2H3,(H,24,27)(H,25,29). The van der Waals surface area contributed by atoms with Crippen LogP contribution in [0, 0.1) is 0 Å². The molecule has 0 aliphatic carbocycles. The van der Waals surface area contributed by atoms with Gasteiger partial charge in [0.2, 0.25) is 11.8 Å². The first-order chi connectivity index (χ1) is 15.5. The quantitative estimate of drug-likeness (QED) is 0.567. The van der Waals surface area contributed by atoms with Crippen molar-refractivity contribution < 1.29 is 23.9 Å². The molecule has 0 saturated carbocycles. The molecule has 1 aliphatic rings. The van der Waals surface area contributed by atoms with E-state index in [2.05, 4.69) is 10.6 Å². The third kappa shape index (κ3) is 6.23. The molecule has 2 aromatic rings. The normalized spacial score (nSPS) is 15.3. The maximum Gasteiger partial charge on any atom is 0.257 e. The largest absolute Gasteiger partial charge is 0.493 e. The fourth-order valence-electron chi connectivity index (χ4n) is 3.64. The zero-order chi connectivity index (χ0) is 22.9. The molecule has 1 unspecified atom stereocenters. The van der Waals surface area contributed by atoms with Gasteiger partial charge < -0.3 is 25.0 Å². The van der Waals surface area contributed by atoms with Crippen LogP contribution in [0.3, 0.4) is 0 Å². The summed E-state index contributed by atoms with van der Waals surface area (Å²) in [5.41, 5.74) is 0.829. The fourth-order valence-corrected chi connectivity index (χ4v) is 4.34. The Kier molecular flexibility index (Phi) is 8.49. The number of likely N-dealkylation sites (tertiary alicyclic amines) is 1. The van der Waals surface area contributed by atoms with E-state index in [1.54, 1.807) is 28.4 Å². The van der Waals surface area contributed by atoms with Crippen LogP contribution in [0.1, 0.15) is 30.2 Å². The first-order valence-electron chi connectivity index (χ1n) is 10.7. The van der Waals surface area contributed by atoms with E-state index >= 15 is 0 Å². The lowest BCUT2D eigenvalue weighted by Gasteiger charge is -2.24. The van der Waals surface area contributed by atoms with E-state index in [1.165, 1.54) is 7.11 Å². The fraction of sp³-hybridized carbons (Fsp3) is 0.435. The molecule has 1 saturated heterocycles. The lowest BCUT2D eigenvalue weighted by atomic mass is 10.1. The van der Waals surface area contributed by atoms with Crippen molar-refractivity contribution in [1.82, 2.24) is 15.5 Å². The van der Waals surface area contributed by atoms with Crippen LogP contribution >= 0.6 is 11.3 Å². The van der Waals surface area contributed by atoms with E-state index in [9.17, 15) is 14.4 Å². The second-order valence-corrected chi connectivity index (χ2v) is 8.48. The number of carbonyl (C=O) groups excluding carboxylic acids is 3. The average Bonchev–Trinajstić information content (AvgIpc) is 3.48. The van der Waals surface area contributed by atoms with Gasteiger partial charge in [-0.15, -0.1) is 11.3 Å². The van der Waals surface area contributed by atoms with Crippen molar-refractivity contribution in [3.8, 4) is 11.5 Å². The zero-order valence-electron chi connectivity index (χ0n) is 18.4. The number of ether oxygens (including phenoxy) is 2. The van der Waals surface area contributed by atoms with Gasteiger partial charge in [-0.05, 0) is 48.9 Å². The maximum absolute atomic E-state index is 12.8. The van der Waals surface area contributed by atoms with E-state index in [4.69, 9.17) is 9.47 Å². The minimum atomic E-state index is -0.441. The predicted octanol–water partition coefficient (Wildman–Crippen LogP) is 2.12. The lowest BCUT2D eigenvalue weighted by molar-refractivity contribution is -0.138. The van der Waals surface area contributed by atoms with Gasteiger partial charge in [-0.25, -0.2) is 0 Å². The maximum atomic E-state index is 12.8. The third-order valence-corrected chi connectivity index (χ3v) is 6.09. The molecule has 9 heteroatoms. The molecule has 0 radical (unpaired) electrons. The SMILES string of the molecule is CCNC(=O)COc1ccc(CNC(=O)C2CCCN2C(=O)Cc2cccs2)cc1OC. The Labute approximate surface area is 191 Å². The summed E-state index contributed by atoms with van der Waals surface area (Å²) in [5.74, 6) is 0.559. The molecule has 2 heterocycles. The van der Waals surface area contributed by atoms with Gasteiger partial charge in [0.25, 0.3) is 5.91 Å². The van der Waals surface area contributed by atoms with Crippen LogP contribution < -0.4 is 20.1 Å². The minimum Gasteiger partial charge on any atom is -0.493 e. The van der Waals surface area contributed by atoms with Gasteiger partial charge in [0.05, 0.1) is 13.5 Å². The van der Waals surface area contributed by atoms with Crippen molar-refractivity contribution >= 4 is 29.1 Å². The second-order valence-electron chi connectivity index (χ2n) is 7.45. The molecular weight excluding hydrogens is 430 g/mol. The van der Waals surface area contributed by atoms with E-state index in [0.717, 1.165) is 16.9 Å². The summed E-state index contributed by atoms with van der Waals surface area (Å²) in [4.78, 5) is 39.7. The number of hydrogen-bond acceptors (Lipinski definition) is 6. The highest BCUT2D eigenvalue weighted by Gasteiger charge is 2.33. The molecule has 1 atom stereocenters. The number of amides is 3. The van der Waals surface area contributed by atoms with Gasteiger partial charge in [0.1, 0.15) is 6.04 Å². The first kappa shape index (κ1) is 23.6. The third-order valence-electron chi connectivity index (χ3n) is 5.21. The van der Waals surface area contributed by atoms with Crippen molar-refractivity contribution in [2.45, 2.75) is 38.8 Å². The van der Waals surface area contributed by atoms with Crippen molar-refractivity contribution in [2.75, 3.05) is 26.8 Å². The zero-order valence-corrected chi connectivity index (χ0v) is 19.2. The van der Waals surface area contributed by atoms with Crippen molar-refractivity contribution in [3.05, 3.63) is 46.2 Å². The smallest absolute Gasteiger partial charge is 0.257 e. The Balaban J connectivity index is 1.55. The number of carbonyl (C=O) groups is 3. The van der Waals surface area contributed by atoms with E-state index in [1.807, 2.05) is 30.5 Å². The molecule has 2 N–H and O–H groups in total. The predicted molar refractivity (Wildman–Crippen MR) is 122 cm³/mol. The summed E-state index contributed by atoms with van der Waals surface area (Å²) < 4.78 is 10.9. The number of nitrogens with zero attached hydrogens (tertiary/aromatic N) is 1. The summed E-state index contributed by atoms with van der Waals surface area (Å²) in [6.45, 7) is 3.18. The van der Waals surface area contributed by atoms with Crippen molar-refractivity contribution in [2.24, 2.45) is 0 Å². The van der Waals surface area contributed by atoms with Crippen LogP contribution in [0.15, 0.2) is 35.7 Å². The molecule has 1 fully saturated rings. The number of likely N-dealkylation sites (N-methyl/N-ethyl adjacent to an activating group) is 1. The molecule has 0 spiro atoms.